The number of hydrogen-bond acceptors (Lipinski definition) is 13. The molecule has 4 unspecified atom stereocenters. The number of fused-ring (bicyclic) bond motifs is 1. The van der Waals surface area contributed by atoms with E-state index in [9.17, 15) is 48.2 Å². The van der Waals surface area contributed by atoms with Crippen molar-refractivity contribution in [2.24, 2.45) is 0 Å². The molecule has 5 rings (SSSR count). The molecular weight excluding hydrogens is 699 g/mol. The Morgan fingerprint density at radius 2 is 1.48 bits per heavy atom. The van der Waals surface area contributed by atoms with Crippen molar-refractivity contribution < 1.29 is 65.8 Å². The topological polar surface area (TPSA) is 262 Å². The number of aliphatic hydroxyl groups excluding tert-OH is 2. The Morgan fingerprint density at radius 1 is 0.833 bits per heavy atom. The Kier molecular flexibility index (Phi) is 10.9. The van der Waals surface area contributed by atoms with Crippen LogP contribution in [0.3, 0.4) is 0 Å². The molecule has 0 radical (unpaired) electrons. The van der Waals surface area contributed by atoms with Crippen molar-refractivity contribution in [3.8, 4) is 0 Å². The number of hydrogen-bond donors (Lipinski definition) is 6. The van der Waals surface area contributed by atoms with Gasteiger partial charge in [-0.1, -0.05) is 54.6 Å². The molecule has 0 spiro atoms. The SMILES string of the molecule is O=C(Nc1ccn([C@@H]2O[C@H](COP(=O)(O)OP(=O)(O)OP(=O)(O)OCc3ccc4ccccc4c3)C(O)[C@@H]2O)c(=O)n1)c1ccccc1. The summed E-state index contributed by atoms with van der Waals surface area (Å²) < 4.78 is 60.6. The number of nitrogens with zero attached hydrogens (tertiary/aromatic N) is 2. The van der Waals surface area contributed by atoms with Crippen molar-refractivity contribution in [3.63, 3.8) is 0 Å². The summed E-state index contributed by atoms with van der Waals surface area (Å²) in [5.41, 5.74) is -0.311. The second-order valence-electron chi connectivity index (χ2n) is 10.2. The summed E-state index contributed by atoms with van der Waals surface area (Å²) in [4.78, 5) is 58.4. The molecule has 1 aromatic heterocycles. The van der Waals surface area contributed by atoms with Crippen LogP contribution in [0, 0.1) is 0 Å². The van der Waals surface area contributed by atoms with Crippen LogP contribution in [0.25, 0.3) is 10.8 Å². The van der Waals surface area contributed by atoms with Gasteiger partial charge in [0.25, 0.3) is 5.91 Å². The molecule has 21 heteroatoms. The highest BCUT2D eigenvalue weighted by atomic mass is 31.3. The summed E-state index contributed by atoms with van der Waals surface area (Å²) in [6.45, 7) is -1.60. The first-order chi connectivity index (χ1) is 22.6. The van der Waals surface area contributed by atoms with E-state index in [1.165, 1.54) is 6.07 Å². The Morgan fingerprint density at radius 3 is 2.17 bits per heavy atom. The van der Waals surface area contributed by atoms with Crippen molar-refractivity contribution in [2.75, 3.05) is 11.9 Å². The van der Waals surface area contributed by atoms with E-state index in [2.05, 4.69) is 23.4 Å². The largest absolute Gasteiger partial charge is 0.490 e. The van der Waals surface area contributed by atoms with Crippen molar-refractivity contribution in [2.45, 2.75) is 31.1 Å². The fourth-order valence-corrected chi connectivity index (χ4v) is 8.02. The maximum absolute atomic E-state index is 12.6. The van der Waals surface area contributed by atoms with Gasteiger partial charge in [0.05, 0.1) is 13.2 Å². The molecule has 4 aromatic rings. The third-order valence-corrected chi connectivity index (χ3v) is 11.0. The first-order valence-corrected chi connectivity index (χ1v) is 18.2. The predicted molar refractivity (Wildman–Crippen MR) is 165 cm³/mol. The number of aromatic nitrogens is 2. The van der Waals surface area contributed by atoms with Gasteiger partial charge >= 0.3 is 29.2 Å². The third kappa shape index (κ3) is 9.16. The normalized spacial score (nSPS) is 23.2. The minimum atomic E-state index is -5.80. The molecule has 2 heterocycles. The molecule has 18 nitrogen and oxygen atoms in total. The second-order valence-corrected chi connectivity index (χ2v) is 14.8. The molecule has 1 fully saturated rings. The molecule has 1 aliphatic rings. The molecule has 0 bridgehead atoms. The van der Waals surface area contributed by atoms with Crippen LogP contribution in [0.15, 0.2) is 89.9 Å². The molecule has 256 valence electrons. The summed E-state index contributed by atoms with van der Waals surface area (Å²) in [6, 6.07) is 21.4. The van der Waals surface area contributed by atoms with Gasteiger partial charge in [0.2, 0.25) is 0 Å². The highest BCUT2D eigenvalue weighted by Gasteiger charge is 2.47. The molecule has 1 amide bonds. The van der Waals surface area contributed by atoms with E-state index in [0.717, 1.165) is 21.5 Å². The van der Waals surface area contributed by atoms with Crippen LogP contribution in [-0.2, 0) is 42.7 Å². The van der Waals surface area contributed by atoms with Gasteiger partial charge in [-0.3, -0.25) is 18.4 Å². The van der Waals surface area contributed by atoms with E-state index in [1.54, 1.807) is 60.7 Å². The second kappa shape index (κ2) is 14.6. The Hall–Kier alpha value is -3.44. The van der Waals surface area contributed by atoms with Crippen LogP contribution in [0.4, 0.5) is 5.82 Å². The number of benzene rings is 3. The van der Waals surface area contributed by atoms with Crippen molar-refractivity contribution in [1.82, 2.24) is 9.55 Å². The number of carbonyl (C=O) groups excluding carboxylic acids is 1. The number of rotatable bonds is 13. The Bertz CT molecular complexity index is 2000. The molecule has 3 aromatic carbocycles. The van der Waals surface area contributed by atoms with Gasteiger partial charge in [-0.15, -0.1) is 0 Å². The zero-order valence-corrected chi connectivity index (χ0v) is 27.0. The number of phosphoric acid groups is 3. The van der Waals surface area contributed by atoms with Crippen LogP contribution in [0.5, 0.6) is 0 Å². The molecule has 48 heavy (non-hydrogen) atoms. The predicted octanol–water partition coefficient (Wildman–Crippen LogP) is 2.84. The lowest BCUT2D eigenvalue weighted by Crippen LogP contribution is -2.36. The van der Waals surface area contributed by atoms with Gasteiger partial charge in [-0.25, -0.2) is 18.5 Å². The molecule has 1 saturated heterocycles. The summed E-state index contributed by atoms with van der Waals surface area (Å²) >= 11 is 0. The number of nitrogens with one attached hydrogen (secondary N) is 1. The fraction of sp³-hybridized carbons (Fsp3) is 0.222. The number of carbonyl (C=O) groups is 1. The van der Waals surface area contributed by atoms with Gasteiger partial charge < -0.3 is 34.9 Å². The lowest BCUT2D eigenvalue weighted by atomic mass is 10.1. The number of phosphoric ester groups is 2. The average Bonchev–Trinajstić information content (AvgIpc) is 3.31. The first kappa shape index (κ1) is 35.9. The quantitative estimate of drug-likeness (QED) is 0.108. The van der Waals surface area contributed by atoms with Crippen molar-refractivity contribution in [1.29, 1.82) is 0 Å². The Balaban J connectivity index is 1.14. The lowest BCUT2D eigenvalue weighted by molar-refractivity contribution is -0.0541. The monoisotopic (exact) mass is 727 g/mol. The van der Waals surface area contributed by atoms with Crippen molar-refractivity contribution in [3.05, 3.63) is 107 Å². The smallest absolute Gasteiger partial charge is 0.387 e. The molecular formula is C27H28N3O15P3. The van der Waals surface area contributed by atoms with Crippen LogP contribution in [-0.4, -0.2) is 65.3 Å². The molecule has 7 atom stereocenters. The molecule has 6 N–H and O–H groups in total. The van der Waals surface area contributed by atoms with E-state index in [1.807, 2.05) is 12.1 Å². The van der Waals surface area contributed by atoms with Gasteiger partial charge in [0, 0.05) is 11.8 Å². The van der Waals surface area contributed by atoms with Gasteiger partial charge in [0.15, 0.2) is 6.23 Å². The minimum absolute atomic E-state index is 0.126. The van der Waals surface area contributed by atoms with E-state index in [0.29, 0.717) is 11.1 Å². The summed E-state index contributed by atoms with van der Waals surface area (Å²) in [6.07, 6.45) is -5.70. The zero-order valence-electron chi connectivity index (χ0n) is 24.4. The fourth-order valence-electron chi connectivity index (χ4n) is 4.53. The van der Waals surface area contributed by atoms with Crippen LogP contribution in [0.2, 0.25) is 0 Å². The van der Waals surface area contributed by atoms with Crippen molar-refractivity contribution >= 4 is 46.0 Å². The van der Waals surface area contributed by atoms with E-state index < -0.39 is 72.8 Å². The molecule has 0 saturated carbocycles. The third-order valence-electron chi connectivity index (χ3n) is 6.74. The number of amides is 1. The van der Waals surface area contributed by atoms with Crippen LogP contribution >= 0.6 is 23.5 Å². The zero-order chi connectivity index (χ0) is 34.7. The summed E-state index contributed by atoms with van der Waals surface area (Å²) in [7, 11) is -16.7. The van der Waals surface area contributed by atoms with Gasteiger partial charge in [-0.05, 0) is 40.6 Å². The first-order valence-electron chi connectivity index (χ1n) is 13.8. The number of ether oxygens (including phenoxy) is 1. The maximum atomic E-state index is 12.6. The maximum Gasteiger partial charge on any atom is 0.490 e. The standard InChI is InChI=1S/C27H28N3O15P3/c31-23-21(43-26(24(23)32)30-13-12-22(29-27(30)34)28-25(33)19-7-2-1-3-8-19)16-42-47(37,38)45-48(39,40)44-46(35,36)41-15-17-10-11-18-6-4-5-9-20(18)14-17/h1-14,21,23-24,26,31-32H,15-16H2,(H,35,36)(H,37,38)(H,39,40)(H,28,29,33,34)/t21-,23?,24+,26-/m1/s1. The highest BCUT2D eigenvalue weighted by molar-refractivity contribution is 7.66. The van der Waals surface area contributed by atoms with Gasteiger partial charge in [-0.2, -0.15) is 13.6 Å². The number of anilines is 1. The Labute approximate surface area is 270 Å². The minimum Gasteiger partial charge on any atom is -0.387 e. The van der Waals surface area contributed by atoms with Gasteiger partial charge in [0.1, 0.15) is 24.1 Å². The van der Waals surface area contributed by atoms with Crippen LogP contribution in [0.1, 0.15) is 22.1 Å². The lowest BCUT2D eigenvalue weighted by Gasteiger charge is -2.20. The summed E-state index contributed by atoms with van der Waals surface area (Å²) in [5, 5.41) is 25.0. The van der Waals surface area contributed by atoms with E-state index >= 15 is 0 Å². The van der Waals surface area contributed by atoms with E-state index in [-0.39, 0.29) is 5.82 Å². The molecule has 1 aliphatic heterocycles. The number of aliphatic hydroxyl groups is 2. The average molecular weight is 727 g/mol. The molecule has 0 aliphatic carbocycles. The van der Waals surface area contributed by atoms with E-state index in [4.69, 9.17) is 9.26 Å². The van der Waals surface area contributed by atoms with Crippen LogP contribution < -0.4 is 11.0 Å². The summed E-state index contributed by atoms with van der Waals surface area (Å²) in [5.74, 6) is -0.674. The highest BCUT2D eigenvalue weighted by Crippen LogP contribution is 2.68.